The number of hydrogen-bond donors (Lipinski definition) is 0. The summed E-state index contributed by atoms with van der Waals surface area (Å²) in [6.45, 7) is 0. The molecule has 0 spiro atoms. The maximum absolute atomic E-state index is 3.58. The lowest BCUT2D eigenvalue weighted by atomic mass is 9.58. The summed E-state index contributed by atoms with van der Waals surface area (Å²) in [7, 11) is 0. The molecule has 0 atom stereocenters. The van der Waals surface area contributed by atoms with Crippen LogP contribution in [0.3, 0.4) is 0 Å². The van der Waals surface area contributed by atoms with E-state index in [2.05, 4.69) is 30.3 Å². The summed E-state index contributed by atoms with van der Waals surface area (Å²) < 4.78 is 0. The second kappa shape index (κ2) is 5.47. The monoisotopic (exact) mass is 241 g/mol. The lowest BCUT2D eigenvalue weighted by Gasteiger charge is -2.46. The van der Waals surface area contributed by atoms with Gasteiger partial charge >= 0.3 is 0 Å². The van der Waals surface area contributed by atoms with Gasteiger partial charge in [-0.1, -0.05) is 62.8 Å². The molecule has 1 radical (unpaired) electrons. The van der Waals surface area contributed by atoms with Crippen LogP contribution in [0.4, 0.5) is 0 Å². The normalized spacial score (nSPS) is 24.9. The van der Waals surface area contributed by atoms with Gasteiger partial charge in [0.2, 0.25) is 0 Å². The first-order chi connectivity index (χ1) is 8.92. The van der Waals surface area contributed by atoms with Crippen LogP contribution in [0.1, 0.15) is 69.8 Å². The molecule has 97 valence electrons. The van der Waals surface area contributed by atoms with Gasteiger partial charge < -0.3 is 0 Å². The minimum atomic E-state index is 0.486. The second-order valence-electron chi connectivity index (χ2n) is 6.33. The standard InChI is InChI=1S/C18H25/c1-4-10-16(11-5-1)18(14-8-3-9-15-18)17-12-6-2-7-13-17/h1,4-5,10,17H,2-3,6-9,12-15H2. The molecule has 0 heterocycles. The Morgan fingerprint density at radius 1 is 0.889 bits per heavy atom. The van der Waals surface area contributed by atoms with Crippen LogP contribution in [0.5, 0.6) is 0 Å². The maximum atomic E-state index is 3.58. The quantitative estimate of drug-likeness (QED) is 0.661. The van der Waals surface area contributed by atoms with Gasteiger partial charge in [0.1, 0.15) is 0 Å². The van der Waals surface area contributed by atoms with Crippen molar-refractivity contribution < 1.29 is 0 Å². The van der Waals surface area contributed by atoms with Crippen LogP contribution in [0.25, 0.3) is 0 Å². The molecule has 0 heteroatoms. The number of rotatable bonds is 2. The van der Waals surface area contributed by atoms with Crippen molar-refractivity contribution in [2.45, 2.75) is 69.6 Å². The summed E-state index contributed by atoms with van der Waals surface area (Å²) in [6, 6.07) is 12.4. The molecular formula is C18H25. The Labute approximate surface area is 112 Å². The van der Waals surface area contributed by atoms with E-state index in [0.717, 1.165) is 5.92 Å². The van der Waals surface area contributed by atoms with Crippen LogP contribution in [0.15, 0.2) is 24.3 Å². The van der Waals surface area contributed by atoms with E-state index in [0.29, 0.717) is 5.41 Å². The lowest BCUT2D eigenvalue weighted by Crippen LogP contribution is -2.38. The smallest absolute Gasteiger partial charge is 0.00126 e. The molecule has 1 aromatic carbocycles. The first-order valence-corrected chi connectivity index (χ1v) is 7.89. The average Bonchev–Trinajstić information content (AvgIpc) is 2.50. The van der Waals surface area contributed by atoms with Crippen LogP contribution >= 0.6 is 0 Å². The molecule has 18 heavy (non-hydrogen) atoms. The first-order valence-electron chi connectivity index (χ1n) is 7.89. The first kappa shape index (κ1) is 12.3. The number of hydrogen-bond acceptors (Lipinski definition) is 0. The van der Waals surface area contributed by atoms with Gasteiger partial charge in [0.25, 0.3) is 0 Å². The lowest BCUT2D eigenvalue weighted by molar-refractivity contribution is 0.148. The molecule has 1 aromatic rings. The molecule has 0 aliphatic heterocycles. The topological polar surface area (TPSA) is 0 Å². The molecule has 2 fully saturated rings. The second-order valence-corrected chi connectivity index (χ2v) is 6.33. The van der Waals surface area contributed by atoms with E-state index in [1.54, 1.807) is 0 Å². The van der Waals surface area contributed by atoms with Crippen molar-refractivity contribution in [1.82, 2.24) is 0 Å². The summed E-state index contributed by atoms with van der Waals surface area (Å²) in [4.78, 5) is 0. The Balaban J connectivity index is 1.92. The average molecular weight is 241 g/mol. The van der Waals surface area contributed by atoms with Gasteiger partial charge in [-0.05, 0) is 48.6 Å². The van der Waals surface area contributed by atoms with Crippen LogP contribution in [0, 0.1) is 12.0 Å². The summed E-state index contributed by atoms with van der Waals surface area (Å²) in [6.07, 6.45) is 14.4. The van der Waals surface area contributed by atoms with E-state index in [-0.39, 0.29) is 0 Å². The fraction of sp³-hybridized carbons (Fsp3) is 0.667. The zero-order chi connectivity index (χ0) is 12.3. The highest BCUT2D eigenvalue weighted by Gasteiger charge is 2.41. The molecule has 0 amide bonds. The van der Waals surface area contributed by atoms with Gasteiger partial charge in [0.05, 0.1) is 0 Å². The van der Waals surface area contributed by atoms with Gasteiger partial charge in [-0.3, -0.25) is 0 Å². The van der Waals surface area contributed by atoms with Crippen molar-refractivity contribution in [3.8, 4) is 0 Å². The van der Waals surface area contributed by atoms with Crippen molar-refractivity contribution in [2.24, 2.45) is 5.92 Å². The largest absolute Gasteiger partial charge is 0.0619 e. The van der Waals surface area contributed by atoms with Crippen LogP contribution < -0.4 is 0 Å². The molecule has 0 aromatic heterocycles. The van der Waals surface area contributed by atoms with E-state index in [9.17, 15) is 0 Å². The van der Waals surface area contributed by atoms with E-state index in [1.165, 1.54) is 69.8 Å². The summed E-state index contributed by atoms with van der Waals surface area (Å²) in [5.74, 6) is 0.935. The Hall–Kier alpha value is -0.780. The fourth-order valence-corrected chi connectivity index (χ4v) is 4.44. The van der Waals surface area contributed by atoms with Crippen LogP contribution in [-0.4, -0.2) is 0 Å². The van der Waals surface area contributed by atoms with Crippen LogP contribution in [0.2, 0.25) is 0 Å². The molecule has 0 bridgehead atoms. The van der Waals surface area contributed by atoms with Crippen molar-refractivity contribution in [3.05, 3.63) is 35.9 Å². The third-order valence-electron chi connectivity index (χ3n) is 5.38. The zero-order valence-corrected chi connectivity index (χ0v) is 11.5. The Morgan fingerprint density at radius 3 is 2.28 bits per heavy atom. The Bertz CT molecular complexity index is 353. The Kier molecular flexibility index (Phi) is 3.72. The van der Waals surface area contributed by atoms with Gasteiger partial charge in [0, 0.05) is 0 Å². The van der Waals surface area contributed by atoms with Crippen LogP contribution in [-0.2, 0) is 5.41 Å². The number of benzene rings is 1. The minimum Gasteiger partial charge on any atom is -0.0619 e. The molecule has 0 N–H and O–H groups in total. The SMILES string of the molecule is [c]1ccccc1C1(C2CCCCC2)CCCCC1. The van der Waals surface area contributed by atoms with E-state index in [1.807, 2.05) is 0 Å². The van der Waals surface area contributed by atoms with Gasteiger partial charge in [-0.25, -0.2) is 0 Å². The maximum Gasteiger partial charge on any atom is -0.00126 e. The highest BCUT2D eigenvalue weighted by Crippen LogP contribution is 2.49. The molecule has 2 saturated carbocycles. The van der Waals surface area contributed by atoms with Crippen molar-refractivity contribution in [2.75, 3.05) is 0 Å². The predicted molar refractivity (Wildman–Crippen MR) is 76.6 cm³/mol. The van der Waals surface area contributed by atoms with E-state index >= 15 is 0 Å². The summed E-state index contributed by atoms with van der Waals surface area (Å²) in [5, 5.41) is 0. The molecule has 0 saturated heterocycles. The fourth-order valence-electron chi connectivity index (χ4n) is 4.44. The minimum absolute atomic E-state index is 0.486. The molecular weight excluding hydrogens is 216 g/mol. The summed E-state index contributed by atoms with van der Waals surface area (Å²) >= 11 is 0. The van der Waals surface area contributed by atoms with E-state index in [4.69, 9.17) is 0 Å². The van der Waals surface area contributed by atoms with Crippen molar-refractivity contribution in [3.63, 3.8) is 0 Å². The zero-order valence-electron chi connectivity index (χ0n) is 11.5. The molecule has 3 rings (SSSR count). The van der Waals surface area contributed by atoms with Gasteiger partial charge in [0.15, 0.2) is 0 Å². The van der Waals surface area contributed by atoms with Crippen molar-refractivity contribution >= 4 is 0 Å². The van der Waals surface area contributed by atoms with E-state index < -0.39 is 0 Å². The highest BCUT2D eigenvalue weighted by atomic mass is 14.4. The third kappa shape index (κ3) is 2.22. The van der Waals surface area contributed by atoms with Crippen molar-refractivity contribution in [1.29, 1.82) is 0 Å². The molecule has 2 aliphatic rings. The van der Waals surface area contributed by atoms with Gasteiger partial charge in [-0.2, -0.15) is 0 Å². The highest BCUT2D eigenvalue weighted by molar-refractivity contribution is 5.26. The summed E-state index contributed by atoms with van der Waals surface area (Å²) in [5.41, 5.74) is 2.01. The third-order valence-corrected chi connectivity index (χ3v) is 5.38. The van der Waals surface area contributed by atoms with Gasteiger partial charge in [-0.15, -0.1) is 0 Å². The molecule has 0 unspecified atom stereocenters. The molecule has 2 aliphatic carbocycles. The Morgan fingerprint density at radius 2 is 1.61 bits per heavy atom. The molecule has 0 nitrogen and oxygen atoms in total. The predicted octanol–water partition coefficient (Wildman–Crippen LogP) is 5.27.